The van der Waals surface area contributed by atoms with E-state index in [4.69, 9.17) is 16.3 Å². The molecule has 2 saturated carbocycles. The number of hydrogen-bond acceptors (Lipinski definition) is 5. The number of nitrogens with one attached hydrogen (secondary N) is 1. The zero-order valence-electron chi connectivity index (χ0n) is 16.2. The van der Waals surface area contributed by atoms with Gasteiger partial charge in [0, 0.05) is 17.6 Å². The number of carbonyl (C=O) groups is 1. The molecular weight excluding hydrogens is 396 g/mol. The van der Waals surface area contributed by atoms with Crippen LogP contribution in [0.4, 0.5) is 0 Å². The van der Waals surface area contributed by atoms with Gasteiger partial charge < -0.3 is 14.6 Å². The lowest BCUT2D eigenvalue weighted by Gasteiger charge is -2.22. The third kappa shape index (κ3) is 3.87. The van der Waals surface area contributed by atoms with E-state index in [2.05, 4.69) is 15.5 Å². The zero-order valence-corrected chi connectivity index (χ0v) is 17.7. The Morgan fingerprint density at radius 1 is 1.36 bits per heavy atom. The van der Waals surface area contributed by atoms with Gasteiger partial charge in [-0.1, -0.05) is 29.8 Å². The van der Waals surface area contributed by atoms with Crippen molar-refractivity contribution in [2.75, 3.05) is 12.9 Å². The molecule has 0 saturated heterocycles. The second-order valence-corrected chi connectivity index (χ2v) is 8.91. The Morgan fingerprint density at radius 3 is 2.89 bits per heavy atom. The van der Waals surface area contributed by atoms with Gasteiger partial charge in [0.2, 0.25) is 5.91 Å². The van der Waals surface area contributed by atoms with Crippen molar-refractivity contribution < 1.29 is 9.53 Å². The lowest BCUT2D eigenvalue weighted by atomic mass is 9.95. The van der Waals surface area contributed by atoms with Crippen LogP contribution in [0.3, 0.4) is 0 Å². The van der Waals surface area contributed by atoms with E-state index in [1.165, 1.54) is 31.0 Å². The fraction of sp³-hybridized carbons (Fsp3) is 0.550. The highest BCUT2D eigenvalue weighted by Crippen LogP contribution is 2.44. The monoisotopic (exact) mass is 420 g/mol. The molecule has 1 aromatic heterocycles. The van der Waals surface area contributed by atoms with E-state index < -0.39 is 0 Å². The number of fused-ring (bicyclic) bond motifs is 2. The highest BCUT2D eigenvalue weighted by molar-refractivity contribution is 7.99. The summed E-state index contributed by atoms with van der Waals surface area (Å²) in [6.07, 6.45) is 5.02. The van der Waals surface area contributed by atoms with Crippen LogP contribution >= 0.6 is 23.4 Å². The van der Waals surface area contributed by atoms with Crippen LogP contribution in [0.2, 0.25) is 5.02 Å². The van der Waals surface area contributed by atoms with Crippen LogP contribution in [0.25, 0.3) is 11.4 Å². The Balaban J connectivity index is 1.44. The third-order valence-electron chi connectivity index (χ3n) is 5.85. The number of halogens is 1. The molecule has 1 heterocycles. The van der Waals surface area contributed by atoms with Crippen LogP contribution < -0.4 is 10.1 Å². The molecule has 1 aromatic carbocycles. The first-order valence-corrected chi connectivity index (χ1v) is 11.1. The second kappa shape index (κ2) is 8.33. The summed E-state index contributed by atoms with van der Waals surface area (Å²) < 4.78 is 7.44. The minimum Gasteiger partial charge on any atom is -0.496 e. The molecule has 0 radical (unpaired) electrons. The Morgan fingerprint density at radius 2 is 2.21 bits per heavy atom. The van der Waals surface area contributed by atoms with Gasteiger partial charge in [-0.25, -0.2) is 0 Å². The Labute approximate surface area is 174 Å². The predicted molar refractivity (Wildman–Crippen MR) is 111 cm³/mol. The van der Waals surface area contributed by atoms with Crippen molar-refractivity contribution in [1.29, 1.82) is 0 Å². The average molecular weight is 421 g/mol. The van der Waals surface area contributed by atoms with Crippen molar-refractivity contribution in [3.8, 4) is 17.1 Å². The summed E-state index contributed by atoms with van der Waals surface area (Å²) >= 11 is 7.59. The number of carbonyl (C=O) groups excluding carboxylic acids is 1. The van der Waals surface area contributed by atoms with E-state index in [0.717, 1.165) is 23.1 Å². The van der Waals surface area contributed by atoms with Gasteiger partial charge in [-0.3, -0.25) is 4.79 Å². The first-order chi connectivity index (χ1) is 13.6. The summed E-state index contributed by atoms with van der Waals surface area (Å²) in [5.74, 6) is 3.31. The molecule has 1 amide bonds. The van der Waals surface area contributed by atoms with E-state index in [9.17, 15) is 4.79 Å². The van der Waals surface area contributed by atoms with Crippen LogP contribution in [0, 0.1) is 11.8 Å². The lowest BCUT2D eigenvalue weighted by Crippen LogP contribution is -2.39. The number of ether oxygens (including phenoxy) is 1. The van der Waals surface area contributed by atoms with Crippen molar-refractivity contribution >= 4 is 29.3 Å². The number of hydrogen-bond donors (Lipinski definition) is 1. The Bertz CT molecular complexity index is 872. The number of benzene rings is 1. The van der Waals surface area contributed by atoms with Gasteiger partial charge in [-0.2, -0.15) is 0 Å². The molecule has 6 nitrogen and oxygen atoms in total. The van der Waals surface area contributed by atoms with E-state index in [1.54, 1.807) is 13.2 Å². The molecule has 0 spiro atoms. The number of aromatic nitrogens is 3. The highest BCUT2D eigenvalue weighted by atomic mass is 35.5. The summed E-state index contributed by atoms with van der Waals surface area (Å²) in [5, 5.41) is 13.2. The van der Waals surface area contributed by atoms with Gasteiger partial charge in [0.25, 0.3) is 0 Å². The number of thioether (sulfide) groups is 1. The predicted octanol–water partition coefficient (Wildman–Crippen LogP) is 4.02. The van der Waals surface area contributed by atoms with E-state index in [1.807, 2.05) is 23.6 Å². The maximum absolute atomic E-state index is 12.4. The number of methoxy groups -OCH3 is 1. The summed E-state index contributed by atoms with van der Waals surface area (Å²) in [6.45, 7) is 2.72. The van der Waals surface area contributed by atoms with Crippen molar-refractivity contribution in [3.63, 3.8) is 0 Å². The van der Waals surface area contributed by atoms with Crippen molar-refractivity contribution in [3.05, 3.63) is 23.2 Å². The summed E-state index contributed by atoms with van der Waals surface area (Å²) in [7, 11) is 1.62. The van der Waals surface area contributed by atoms with Gasteiger partial charge in [0.15, 0.2) is 11.0 Å². The first-order valence-electron chi connectivity index (χ1n) is 9.78. The number of amides is 1. The molecule has 3 atom stereocenters. The topological polar surface area (TPSA) is 69.0 Å². The normalized spacial score (nSPS) is 23.2. The van der Waals surface area contributed by atoms with E-state index >= 15 is 0 Å². The molecule has 2 fully saturated rings. The molecule has 28 heavy (non-hydrogen) atoms. The van der Waals surface area contributed by atoms with Gasteiger partial charge in [0.1, 0.15) is 5.75 Å². The number of rotatable bonds is 7. The molecule has 150 valence electrons. The van der Waals surface area contributed by atoms with Gasteiger partial charge in [-0.05, 0) is 56.2 Å². The molecule has 2 bridgehead atoms. The minimum atomic E-state index is 0.0788. The fourth-order valence-electron chi connectivity index (χ4n) is 4.53. The molecular formula is C20H25ClN4O2S. The van der Waals surface area contributed by atoms with Crippen LogP contribution in [0.5, 0.6) is 5.75 Å². The third-order valence-corrected chi connectivity index (χ3v) is 7.05. The van der Waals surface area contributed by atoms with Crippen LogP contribution in [0.1, 0.15) is 32.6 Å². The summed E-state index contributed by atoms with van der Waals surface area (Å²) in [6, 6.07) is 5.79. The first kappa shape index (κ1) is 19.6. The molecule has 0 unspecified atom stereocenters. The standard InChI is InChI=1S/C20H25ClN4O2S/c1-3-25-19(15-10-14(21)6-7-17(15)27-2)23-24-20(25)28-11-18(26)22-16-9-12-4-5-13(16)8-12/h6-7,10,12-13,16H,3-5,8-9,11H2,1-2H3,(H,22,26)/t12-,13-,16+/m0/s1. The van der Waals surface area contributed by atoms with Crippen LogP contribution in [0.15, 0.2) is 23.4 Å². The lowest BCUT2D eigenvalue weighted by molar-refractivity contribution is -0.119. The minimum absolute atomic E-state index is 0.0788. The SMILES string of the molecule is CCn1c(SCC(=O)N[C@@H]2C[C@H]3CC[C@H]2C3)nnc1-c1cc(Cl)ccc1OC. The van der Waals surface area contributed by atoms with Crippen LogP contribution in [-0.2, 0) is 11.3 Å². The molecule has 2 aromatic rings. The molecule has 2 aliphatic carbocycles. The maximum atomic E-state index is 12.4. The Hall–Kier alpha value is -1.73. The van der Waals surface area contributed by atoms with Crippen molar-refractivity contribution in [1.82, 2.24) is 20.1 Å². The van der Waals surface area contributed by atoms with Crippen molar-refractivity contribution in [2.24, 2.45) is 11.8 Å². The molecule has 8 heteroatoms. The summed E-state index contributed by atoms with van der Waals surface area (Å²) in [5.41, 5.74) is 0.794. The zero-order chi connectivity index (χ0) is 19.7. The van der Waals surface area contributed by atoms with Gasteiger partial charge in [0.05, 0.1) is 18.4 Å². The van der Waals surface area contributed by atoms with E-state index in [0.29, 0.717) is 40.9 Å². The molecule has 0 aliphatic heterocycles. The largest absolute Gasteiger partial charge is 0.496 e. The average Bonchev–Trinajstić information content (AvgIpc) is 3.41. The summed E-state index contributed by atoms with van der Waals surface area (Å²) in [4.78, 5) is 12.4. The van der Waals surface area contributed by atoms with Crippen LogP contribution in [-0.4, -0.2) is 39.6 Å². The van der Waals surface area contributed by atoms with Gasteiger partial charge in [-0.15, -0.1) is 10.2 Å². The smallest absolute Gasteiger partial charge is 0.230 e. The Kier molecular flexibility index (Phi) is 5.83. The molecule has 1 N–H and O–H groups in total. The molecule has 2 aliphatic rings. The number of nitrogens with zero attached hydrogens (tertiary/aromatic N) is 3. The fourth-order valence-corrected chi connectivity index (χ4v) is 5.52. The molecule has 4 rings (SSSR count). The highest BCUT2D eigenvalue weighted by Gasteiger charge is 2.40. The maximum Gasteiger partial charge on any atom is 0.230 e. The van der Waals surface area contributed by atoms with Crippen molar-refractivity contribution in [2.45, 2.75) is 50.4 Å². The quantitative estimate of drug-likeness (QED) is 0.685. The van der Waals surface area contributed by atoms with Gasteiger partial charge >= 0.3 is 0 Å². The van der Waals surface area contributed by atoms with E-state index in [-0.39, 0.29) is 5.91 Å². The second-order valence-electron chi connectivity index (χ2n) is 7.53.